The normalized spacial score (nSPS) is 24.6. The summed E-state index contributed by atoms with van der Waals surface area (Å²) in [7, 11) is 1.52. The zero-order valence-corrected chi connectivity index (χ0v) is 25.2. The number of nitrogens with zero attached hydrogens (tertiary/aromatic N) is 1. The second kappa shape index (κ2) is 11.0. The van der Waals surface area contributed by atoms with Gasteiger partial charge in [-0.1, -0.05) is 56.7 Å². The molecule has 3 aromatic rings. The smallest absolute Gasteiger partial charge is 0.309 e. The maximum Gasteiger partial charge on any atom is 0.309 e. The van der Waals surface area contributed by atoms with Gasteiger partial charge in [0.2, 0.25) is 0 Å². The topological polar surface area (TPSA) is 39.2 Å². The summed E-state index contributed by atoms with van der Waals surface area (Å²) in [5, 5.41) is 0. The van der Waals surface area contributed by atoms with E-state index in [2.05, 4.69) is 55.2 Å². The number of hydrogen-bond acceptors (Lipinski definition) is 3. The van der Waals surface area contributed by atoms with Gasteiger partial charge in [-0.25, -0.2) is 4.39 Å². The van der Waals surface area contributed by atoms with Gasteiger partial charge in [0, 0.05) is 16.7 Å². The standard InChI is InChI=1S/C37H44FNO2/c1-24-20-30(34(38)23-39-24)28-15-13-25(21-29(28)31-11-7-17-36(31,2)3)8-5-9-26-12-14-27-10-6-18-37(33(27)22-26)19-16-32(37)35(40)41-4/h12-15,20-23,31-32H,5-11,16-19H2,1-4H3/t31-,32+,37+/m0/s1. The van der Waals surface area contributed by atoms with E-state index in [1.165, 1.54) is 54.0 Å². The van der Waals surface area contributed by atoms with E-state index in [0.29, 0.717) is 11.5 Å². The molecule has 0 radical (unpaired) electrons. The second-order valence-corrected chi connectivity index (χ2v) is 13.6. The number of halogens is 1. The largest absolute Gasteiger partial charge is 0.469 e. The summed E-state index contributed by atoms with van der Waals surface area (Å²) < 4.78 is 20.2. The Morgan fingerprint density at radius 3 is 2.46 bits per heavy atom. The Balaban J connectivity index is 1.23. The number of methoxy groups -OCH3 is 1. The highest BCUT2D eigenvalue weighted by atomic mass is 19.1. The maximum atomic E-state index is 15.0. The Bertz CT molecular complexity index is 1460. The fourth-order valence-corrected chi connectivity index (χ4v) is 8.38. The number of carbonyl (C=O) groups is 1. The van der Waals surface area contributed by atoms with Crippen LogP contribution in [0.15, 0.2) is 48.7 Å². The van der Waals surface area contributed by atoms with Crippen molar-refractivity contribution in [1.29, 1.82) is 0 Å². The molecule has 6 rings (SSSR count). The summed E-state index contributed by atoms with van der Waals surface area (Å²) in [6.07, 6.45) is 13.4. The summed E-state index contributed by atoms with van der Waals surface area (Å²) in [5.74, 6) is 0.146. The van der Waals surface area contributed by atoms with Crippen LogP contribution in [0.2, 0.25) is 0 Å². The van der Waals surface area contributed by atoms with E-state index in [9.17, 15) is 4.79 Å². The highest BCUT2D eigenvalue weighted by molar-refractivity contribution is 5.76. The highest BCUT2D eigenvalue weighted by Crippen LogP contribution is 2.56. The first kappa shape index (κ1) is 28.1. The second-order valence-electron chi connectivity index (χ2n) is 13.6. The molecule has 41 heavy (non-hydrogen) atoms. The number of pyridine rings is 1. The van der Waals surface area contributed by atoms with Crippen molar-refractivity contribution in [3.8, 4) is 11.1 Å². The molecule has 3 atom stereocenters. The third-order valence-corrected chi connectivity index (χ3v) is 10.8. The number of fused-ring (bicyclic) bond motifs is 2. The van der Waals surface area contributed by atoms with Gasteiger partial charge in [0.15, 0.2) is 0 Å². The summed E-state index contributed by atoms with van der Waals surface area (Å²) in [5.41, 5.74) is 9.55. The number of benzene rings is 2. The number of hydrogen-bond donors (Lipinski definition) is 0. The SMILES string of the molecule is COC(=O)[C@H]1CC[C@]12CCCc1ccc(CCCc3ccc(-c4cc(C)ncc4F)c([C@@H]4CCCC4(C)C)c3)cc12. The van der Waals surface area contributed by atoms with Crippen LogP contribution in [0.25, 0.3) is 11.1 Å². The monoisotopic (exact) mass is 553 g/mol. The Kier molecular flexibility index (Phi) is 7.55. The molecule has 2 fully saturated rings. The number of rotatable bonds is 7. The zero-order valence-electron chi connectivity index (χ0n) is 25.2. The molecule has 4 heteroatoms. The minimum Gasteiger partial charge on any atom is -0.469 e. The molecule has 1 spiro atoms. The molecular weight excluding hydrogens is 509 g/mol. The van der Waals surface area contributed by atoms with Gasteiger partial charge in [-0.2, -0.15) is 0 Å². The molecular formula is C37H44FNO2. The van der Waals surface area contributed by atoms with E-state index in [4.69, 9.17) is 4.74 Å². The fourth-order valence-electron chi connectivity index (χ4n) is 8.38. The molecule has 0 bridgehead atoms. The average Bonchev–Trinajstić information content (AvgIpc) is 3.31. The lowest BCUT2D eigenvalue weighted by molar-refractivity contribution is -0.153. The van der Waals surface area contributed by atoms with Crippen molar-refractivity contribution in [2.24, 2.45) is 11.3 Å². The minimum absolute atomic E-state index is 0.00703. The molecule has 216 valence electrons. The van der Waals surface area contributed by atoms with E-state index in [0.717, 1.165) is 69.0 Å². The predicted molar refractivity (Wildman–Crippen MR) is 163 cm³/mol. The molecule has 1 heterocycles. The Morgan fingerprint density at radius 1 is 0.976 bits per heavy atom. The number of aromatic nitrogens is 1. The first-order chi connectivity index (χ1) is 19.7. The van der Waals surface area contributed by atoms with Crippen molar-refractivity contribution in [3.05, 3.63) is 88.0 Å². The van der Waals surface area contributed by atoms with Crippen LogP contribution in [-0.4, -0.2) is 18.1 Å². The molecule has 0 unspecified atom stereocenters. The first-order valence-corrected chi connectivity index (χ1v) is 15.7. The molecule has 1 aromatic heterocycles. The average molecular weight is 554 g/mol. The van der Waals surface area contributed by atoms with Crippen LogP contribution in [-0.2, 0) is 34.2 Å². The van der Waals surface area contributed by atoms with Gasteiger partial charge < -0.3 is 4.74 Å². The summed E-state index contributed by atoms with van der Waals surface area (Å²) >= 11 is 0. The molecule has 0 N–H and O–H groups in total. The van der Waals surface area contributed by atoms with Crippen molar-refractivity contribution >= 4 is 5.97 Å². The van der Waals surface area contributed by atoms with Gasteiger partial charge >= 0.3 is 5.97 Å². The lowest BCUT2D eigenvalue weighted by Gasteiger charge is -2.51. The van der Waals surface area contributed by atoms with Gasteiger partial charge in [-0.05, 0) is 122 Å². The Morgan fingerprint density at radius 2 is 1.76 bits per heavy atom. The maximum absolute atomic E-state index is 15.0. The lowest BCUT2D eigenvalue weighted by atomic mass is 9.52. The molecule has 0 aliphatic heterocycles. The first-order valence-electron chi connectivity index (χ1n) is 15.7. The molecule has 0 saturated heterocycles. The Hall–Kier alpha value is -3.01. The molecule has 2 saturated carbocycles. The van der Waals surface area contributed by atoms with Crippen LogP contribution >= 0.6 is 0 Å². The van der Waals surface area contributed by atoms with Crippen molar-refractivity contribution in [1.82, 2.24) is 4.98 Å². The van der Waals surface area contributed by atoms with Gasteiger partial charge in [-0.15, -0.1) is 0 Å². The van der Waals surface area contributed by atoms with E-state index in [1.54, 1.807) is 0 Å². The quantitative estimate of drug-likeness (QED) is 0.274. The fraction of sp³-hybridized carbons (Fsp3) is 0.514. The Labute approximate surface area is 244 Å². The number of aryl methyl sites for hydroxylation is 4. The third-order valence-electron chi connectivity index (χ3n) is 10.8. The van der Waals surface area contributed by atoms with E-state index in [-0.39, 0.29) is 28.5 Å². The lowest BCUT2D eigenvalue weighted by Crippen LogP contribution is -2.50. The minimum atomic E-state index is -0.244. The summed E-state index contributed by atoms with van der Waals surface area (Å²) in [6, 6.07) is 15.7. The van der Waals surface area contributed by atoms with Crippen LogP contribution in [0.5, 0.6) is 0 Å². The molecule has 3 nitrogen and oxygen atoms in total. The number of carbonyl (C=O) groups excluding carboxylic acids is 1. The zero-order chi connectivity index (χ0) is 28.8. The molecule has 2 aromatic carbocycles. The van der Waals surface area contributed by atoms with Gasteiger partial charge in [0.05, 0.1) is 19.2 Å². The van der Waals surface area contributed by atoms with Crippen LogP contribution < -0.4 is 0 Å². The third kappa shape index (κ3) is 5.13. The van der Waals surface area contributed by atoms with Crippen LogP contribution in [0.1, 0.15) is 105 Å². The highest BCUT2D eigenvalue weighted by Gasteiger charge is 2.53. The number of esters is 1. The summed E-state index contributed by atoms with van der Waals surface area (Å²) in [6.45, 7) is 6.66. The van der Waals surface area contributed by atoms with E-state index in [1.807, 2.05) is 13.0 Å². The van der Waals surface area contributed by atoms with Gasteiger partial charge in [0.25, 0.3) is 0 Å². The van der Waals surface area contributed by atoms with Crippen molar-refractivity contribution in [2.75, 3.05) is 7.11 Å². The van der Waals surface area contributed by atoms with Gasteiger partial charge in [-0.3, -0.25) is 9.78 Å². The molecule has 3 aliphatic carbocycles. The van der Waals surface area contributed by atoms with Crippen LogP contribution in [0.4, 0.5) is 4.39 Å². The van der Waals surface area contributed by atoms with Crippen molar-refractivity contribution < 1.29 is 13.9 Å². The summed E-state index contributed by atoms with van der Waals surface area (Å²) in [4.78, 5) is 16.7. The van der Waals surface area contributed by atoms with Crippen LogP contribution in [0.3, 0.4) is 0 Å². The number of ether oxygens (including phenoxy) is 1. The van der Waals surface area contributed by atoms with Crippen LogP contribution in [0, 0.1) is 24.1 Å². The van der Waals surface area contributed by atoms with Gasteiger partial charge in [0.1, 0.15) is 5.82 Å². The molecule has 3 aliphatic rings. The predicted octanol–water partition coefficient (Wildman–Crippen LogP) is 8.82. The van der Waals surface area contributed by atoms with E-state index < -0.39 is 0 Å². The molecule has 0 amide bonds. The van der Waals surface area contributed by atoms with Crippen molar-refractivity contribution in [2.45, 2.75) is 103 Å². The van der Waals surface area contributed by atoms with Crippen molar-refractivity contribution in [3.63, 3.8) is 0 Å². The van der Waals surface area contributed by atoms with E-state index >= 15 is 4.39 Å².